The number of hydrazine groups is 1. The summed E-state index contributed by atoms with van der Waals surface area (Å²) in [5.74, 6) is -1.02. The van der Waals surface area contributed by atoms with E-state index in [4.69, 9.17) is 4.74 Å². The van der Waals surface area contributed by atoms with Gasteiger partial charge in [-0.2, -0.15) is 4.68 Å². The lowest BCUT2D eigenvalue weighted by atomic mass is 10.4. The lowest BCUT2D eigenvalue weighted by Crippen LogP contribution is -2.27. The van der Waals surface area contributed by atoms with E-state index in [2.05, 4.69) is 21.3 Å². The summed E-state index contributed by atoms with van der Waals surface area (Å²) in [4.78, 5) is 33.5. The van der Waals surface area contributed by atoms with Crippen LogP contribution in [0.5, 0.6) is 5.88 Å². The number of ether oxygens (including phenoxy) is 1. The zero-order valence-corrected chi connectivity index (χ0v) is 11.0. The van der Waals surface area contributed by atoms with Crippen LogP contribution >= 0.6 is 0 Å². The van der Waals surface area contributed by atoms with E-state index in [0.29, 0.717) is 0 Å². The van der Waals surface area contributed by atoms with Crippen LogP contribution in [0.1, 0.15) is 25.6 Å². The van der Waals surface area contributed by atoms with Gasteiger partial charge < -0.3 is 10.1 Å². The fourth-order valence-electron chi connectivity index (χ4n) is 1.31. The minimum atomic E-state index is -0.419. The Hall–Kier alpha value is -2.58. The number of rotatable bonds is 4. The van der Waals surface area contributed by atoms with Crippen LogP contribution in [-0.2, 0) is 9.59 Å². The predicted molar refractivity (Wildman–Crippen MR) is 66.8 cm³/mol. The molecule has 1 heterocycles. The zero-order chi connectivity index (χ0) is 14.6. The van der Waals surface area contributed by atoms with Crippen LogP contribution in [0, 0.1) is 0 Å². The molecule has 0 aromatic carbocycles. The minimum Gasteiger partial charge on any atom is -0.478 e. The molecule has 9 nitrogen and oxygen atoms in total. The van der Waals surface area contributed by atoms with E-state index in [1.165, 1.54) is 27.9 Å². The molecule has 104 valence electrons. The molecular weight excluding hydrogens is 254 g/mol. The van der Waals surface area contributed by atoms with Gasteiger partial charge in [-0.3, -0.25) is 25.2 Å². The summed E-state index contributed by atoms with van der Waals surface area (Å²) < 4.78 is 5.94. The third-order valence-corrected chi connectivity index (χ3v) is 2.00. The maximum absolute atomic E-state index is 11.4. The second kappa shape index (κ2) is 5.85. The number of nitrogens with one attached hydrogen (secondary N) is 3. The molecule has 1 aromatic heterocycles. The normalized spacial score (nSPS) is 9.68. The first kappa shape index (κ1) is 14.5. The molecule has 19 heavy (non-hydrogen) atoms. The molecule has 1 rings (SSSR count). The van der Waals surface area contributed by atoms with Crippen molar-refractivity contribution < 1.29 is 19.1 Å². The molecular formula is C10H15N5O4. The van der Waals surface area contributed by atoms with Crippen molar-refractivity contribution in [2.24, 2.45) is 0 Å². The van der Waals surface area contributed by atoms with E-state index in [1.54, 1.807) is 0 Å². The first-order valence-electron chi connectivity index (χ1n) is 5.35. The highest BCUT2D eigenvalue weighted by molar-refractivity contribution is 5.96. The van der Waals surface area contributed by atoms with Gasteiger partial charge in [-0.05, 0) is 0 Å². The van der Waals surface area contributed by atoms with Gasteiger partial charge in [0.25, 0.3) is 5.88 Å². The maximum atomic E-state index is 11.4. The van der Waals surface area contributed by atoms with E-state index in [9.17, 15) is 14.4 Å². The standard InChI is InChI=1S/C10H15N5O4/c1-5(16)11-9-8(13-12-6(2)17)10(19-4)14-15(9)7(3)18/h13H,1-4H3,(H,11,16)(H,12,17). The molecule has 0 fully saturated rings. The molecule has 0 aliphatic rings. The SMILES string of the molecule is COc1nn(C(C)=O)c(NC(C)=O)c1NNC(C)=O. The highest BCUT2D eigenvalue weighted by Crippen LogP contribution is 2.31. The molecule has 0 saturated carbocycles. The van der Waals surface area contributed by atoms with E-state index >= 15 is 0 Å². The van der Waals surface area contributed by atoms with E-state index in [0.717, 1.165) is 4.68 Å². The Morgan fingerprint density at radius 3 is 2.21 bits per heavy atom. The fourth-order valence-corrected chi connectivity index (χ4v) is 1.31. The van der Waals surface area contributed by atoms with Gasteiger partial charge in [-0.25, -0.2) is 0 Å². The van der Waals surface area contributed by atoms with Crippen molar-refractivity contribution in [1.82, 2.24) is 15.2 Å². The average molecular weight is 269 g/mol. The highest BCUT2D eigenvalue weighted by atomic mass is 16.5. The molecule has 0 unspecified atom stereocenters. The van der Waals surface area contributed by atoms with Gasteiger partial charge in [0.2, 0.25) is 17.7 Å². The van der Waals surface area contributed by atoms with Gasteiger partial charge in [-0.15, -0.1) is 5.10 Å². The third kappa shape index (κ3) is 3.44. The van der Waals surface area contributed by atoms with Gasteiger partial charge in [0.15, 0.2) is 11.5 Å². The highest BCUT2D eigenvalue weighted by Gasteiger charge is 2.22. The summed E-state index contributed by atoms with van der Waals surface area (Å²) in [5.41, 5.74) is 5.04. The number of carbonyl (C=O) groups is 3. The molecule has 0 aliphatic heterocycles. The second-order valence-corrected chi connectivity index (χ2v) is 3.65. The Kier molecular flexibility index (Phi) is 4.46. The van der Waals surface area contributed by atoms with Crippen LogP contribution in [0.2, 0.25) is 0 Å². The van der Waals surface area contributed by atoms with Crippen LogP contribution in [0.4, 0.5) is 11.5 Å². The Morgan fingerprint density at radius 2 is 1.79 bits per heavy atom. The number of anilines is 2. The minimum absolute atomic E-state index is 0.0627. The third-order valence-electron chi connectivity index (χ3n) is 2.00. The Morgan fingerprint density at radius 1 is 1.16 bits per heavy atom. The predicted octanol–water partition coefficient (Wildman–Crippen LogP) is -0.0268. The fraction of sp³-hybridized carbons (Fsp3) is 0.400. The molecule has 9 heteroatoms. The second-order valence-electron chi connectivity index (χ2n) is 3.65. The van der Waals surface area contributed by atoms with Crippen LogP contribution in [0.15, 0.2) is 0 Å². The van der Waals surface area contributed by atoms with Gasteiger partial charge in [0.05, 0.1) is 7.11 Å². The van der Waals surface area contributed by atoms with Crippen molar-refractivity contribution in [3.8, 4) is 5.88 Å². The first-order valence-corrected chi connectivity index (χ1v) is 5.35. The quantitative estimate of drug-likeness (QED) is 0.661. The summed E-state index contributed by atoms with van der Waals surface area (Å²) in [6.07, 6.45) is 0. The summed E-state index contributed by atoms with van der Waals surface area (Å²) in [6, 6.07) is 0. The van der Waals surface area contributed by atoms with Crippen LogP contribution in [0.3, 0.4) is 0 Å². The zero-order valence-electron chi connectivity index (χ0n) is 11.0. The average Bonchev–Trinajstić information content (AvgIpc) is 2.63. The van der Waals surface area contributed by atoms with Crippen LogP contribution in [0.25, 0.3) is 0 Å². The van der Waals surface area contributed by atoms with Gasteiger partial charge in [-0.1, -0.05) is 0 Å². The van der Waals surface area contributed by atoms with Crippen LogP contribution < -0.4 is 20.9 Å². The molecule has 0 saturated heterocycles. The Bertz CT molecular complexity index is 522. The molecule has 2 amide bonds. The van der Waals surface area contributed by atoms with E-state index in [1.807, 2.05) is 0 Å². The summed E-state index contributed by atoms with van der Waals surface area (Å²) in [6.45, 7) is 3.86. The van der Waals surface area contributed by atoms with Crippen molar-refractivity contribution in [2.75, 3.05) is 17.9 Å². The van der Waals surface area contributed by atoms with Gasteiger partial charge >= 0.3 is 0 Å². The van der Waals surface area contributed by atoms with E-state index < -0.39 is 11.8 Å². The summed E-state index contributed by atoms with van der Waals surface area (Å²) >= 11 is 0. The number of hydrogen-bond donors (Lipinski definition) is 3. The molecule has 0 atom stereocenters. The van der Waals surface area contributed by atoms with Crippen molar-refractivity contribution in [3.05, 3.63) is 0 Å². The van der Waals surface area contributed by atoms with Crippen molar-refractivity contribution in [3.63, 3.8) is 0 Å². The topological polar surface area (TPSA) is 114 Å². The summed E-state index contributed by atoms with van der Waals surface area (Å²) in [5, 5.41) is 6.32. The van der Waals surface area contributed by atoms with Crippen molar-refractivity contribution in [1.29, 1.82) is 0 Å². The Labute approximate surface area is 109 Å². The molecule has 0 spiro atoms. The number of carbonyl (C=O) groups excluding carboxylic acids is 3. The number of amides is 2. The van der Waals surface area contributed by atoms with Crippen LogP contribution in [-0.4, -0.2) is 34.6 Å². The molecule has 0 radical (unpaired) electrons. The maximum Gasteiger partial charge on any atom is 0.260 e. The number of nitrogens with zero attached hydrogens (tertiary/aromatic N) is 2. The first-order chi connectivity index (χ1) is 8.86. The molecule has 1 aromatic rings. The monoisotopic (exact) mass is 269 g/mol. The summed E-state index contributed by atoms with van der Waals surface area (Å²) in [7, 11) is 1.35. The molecule has 3 N–H and O–H groups in total. The number of aromatic nitrogens is 2. The number of hydrogen-bond acceptors (Lipinski definition) is 6. The molecule has 0 aliphatic carbocycles. The number of methoxy groups -OCH3 is 1. The smallest absolute Gasteiger partial charge is 0.260 e. The van der Waals surface area contributed by atoms with Crippen molar-refractivity contribution >= 4 is 29.2 Å². The largest absolute Gasteiger partial charge is 0.478 e. The van der Waals surface area contributed by atoms with Gasteiger partial charge in [0, 0.05) is 20.8 Å². The van der Waals surface area contributed by atoms with Gasteiger partial charge in [0.1, 0.15) is 0 Å². The lowest BCUT2D eigenvalue weighted by molar-refractivity contribution is -0.118. The molecule has 0 bridgehead atoms. The van der Waals surface area contributed by atoms with E-state index in [-0.39, 0.29) is 23.3 Å². The van der Waals surface area contributed by atoms with Crippen molar-refractivity contribution in [2.45, 2.75) is 20.8 Å². The Balaban J connectivity index is 3.25. The lowest BCUT2D eigenvalue weighted by Gasteiger charge is -2.09.